The van der Waals surface area contributed by atoms with Gasteiger partial charge in [-0.1, -0.05) is 60.7 Å². The Morgan fingerprint density at radius 1 is 0.364 bits per heavy atom. The van der Waals surface area contributed by atoms with Crippen molar-refractivity contribution in [3.63, 3.8) is 0 Å². The monoisotopic (exact) mass is 1790 g/mol. The number of aromatic nitrogens is 16. The second kappa shape index (κ2) is 40.1. The van der Waals surface area contributed by atoms with Crippen LogP contribution in [-0.2, 0) is 45.1 Å². The number of methoxy groups -OCH3 is 1. The molecule has 678 valence electrons. The van der Waals surface area contributed by atoms with Crippen LogP contribution in [0.15, 0.2) is 164 Å². The van der Waals surface area contributed by atoms with Crippen molar-refractivity contribution in [2.24, 2.45) is 0 Å². The van der Waals surface area contributed by atoms with E-state index < -0.39 is 23.4 Å². The number of anilines is 4. The minimum atomic E-state index is -0.657. The van der Waals surface area contributed by atoms with Crippen LogP contribution in [0.4, 0.5) is 31.5 Å². The fourth-order valence-corrected chi connectivity index (χ4v) is 16.6. The molecule has 0 saturated carbocycles. The molecule has 4 amide bonds. The summed E-state index contributed by atoms with van der Waals surface area (Å²) in [4.78, 5) is 93.0. The summed E-state index contributed by atoms with van der Waals surface area (Å²) in [5.74, 6) is 0.867. The van der Waals surface area contributed by atoms with E-state index in [1.54, 1.807) is 62.6 Å². The summed E-state index contributed by atoms with van der Waals surface area (Å²) in [6, 6.07) is 43.1. The topological polar surface area (TPSA) is 423 Å². The second-order valence-corrected chi connectivity index (χ2v) is 32.6. The number of ether oxygens (including phenoxy) is 7. The average molecular weight is 1790 g/mol. The number of nitrogens with one attached hydrogen (secondary N) is 12. The number of imidazole rings is 4. The maximum Gasteiger partial charge on any atom is 0.259 e. The van der Waals surface area contributed by atoms with Crippen LogP contribution in [0.25, 0.3) is 90.2 Å². The number of morpholine rings is 4. The van der Waals surface area contributed by atoms with Crippen LogP contribution in [0.3, 0.4) is 0 Å². The van der Waals surface area contributed by atoms with Gasteiger partial charge in [0.15, 0.2) is 34.8 Å². The lowest BCUT2D eigenvalue weighted by atomic mass is 10.0. The molecule has 12 N–H and O–H groups in total. The molecule has 5 aliphatic rings. The number of para-hydroxylation sites is 1. The van der Waals surface area contributed by atoms with Crippen LogP contribution < -0.4 is 35.5 Å². The maximum atomic E-state index is 14.6. The molecule has 13 heterocycles. The van der Waals surface area contributed by atoms with Gasteiger partial charge in [-0.05, 0) is 145 Å². The van der Waals surface area contributed by atoms with Gasteiger partial charge in [-0.25, -0.2) is 28.7 Å². The first-order chi connectivity index (χ1) is 64.4. The largest absolute Gasteiger partial charge is 0.497 e. The summed E-state index contributed by atoms with van der Waals surface area (Å²) in [6.45, 7) is 25.1. The fraction of sp³-hybridized carbons (Fsp3) is 0.284. The first-order valence-electron chi connectivity index (χ1n) is 43.5. The number of benzene rings is 8. The lowest BCUT2D eigenvalue weighted by Crippen LogP contribution is -2.35. The molecule has 16 aromatic rings. The van der Waals surface area contributed by atoms with Gasteiger partial charge in [0.2, 0.25) is 0 Å². The normalized spacial score (nSPS) is 15.0. The van der Waals surface area contributed by atoms with Gasteiger partial charge in [0.1, 0.15) is 53.4 Å². The molecule has 0 aliphatic carbocycles. The van der Waals surface area contributed by atoms with Crippen molar-refractivity contribution in [3.05, 3.63) is 243 Å². The molecule has 0 spiro atoms. The molecule has 0 unspecified atom stereocenters. The molecule has 21 rings (SSSR count). The molecule has 5 aliphatic heterocycles. The molecule has 8 aromatic carbocycles. The average Bonchev–Trinajstić information content (AvgIpc) is 1.26. The number of rotatable bonds is 21. The Morgan fingerprint density at radius 3 is 1.05 bits per heavy atom. The van der Waals surface area contributed by atoms with Crippen LogP contribution in [0.1, 0.15) is 85.9 Å². The summed E-state index contributed by atoms with van der Waals surface area (Å²) in [5.41, 5.74) is 19.9. The van der Waals surface area contributed by atoms with Crippen molar-refractivity contribution in [1.82, 2.24) is 100 Å². The predicted molar refractivity (Wildman–Crippen MR) is 493 cm³/mol. The van der Waals surface area contributed by atoms with E-state index in [2.05, 4.69) is 160 Å². The van der Waals surface area contributed by atoms with E-state index in [9.17, 15) is 28.0 Å². The van der Waals surface area contributed by atoms with E-state index in [1.807, 2.05) is 56.3 Å². The SMILES string of the molecule is COc1cc(C)c(C(=O)Nc2cn[nH]c2-c2nc3ccc(CN4CCOCC4)cc3[nH]2)c(F)c1.Cc1cccc(C)c1C(=O)Nc1cn[nH]c1-c1nc2ccc(CN3CCOCC3)cc2[nH]1.Cc1cccc(F)c1C(=O)Nc1cn[nH]c1-c1nc2ccc(CN3CCOCC3)cc2[nH]1.O=C(Nc1cn[nH]c1-c1nc2ccc(CN3CCOCC3)cc2[nH]1)c1cccc2c1OCCO2. The Balaban J connectivity index is 0.000000118. The zero-order valence-corrected chi connectivity index (χ0v) is 73.3. The number of hydrogen-bond acceptors (Lipinski definition) is 23. The van der Waals surface area contributed by atoms with Gasteiger partial charge < -0.3 is 74.4 Å². The number of nitrogens with zero attached hydrogens (tertiary/aromatic N) is 12. The van der Waals surface area contributed by atoms with Crippen molar-refractivity contribution in [1.29, 1.82) is 0 Å². The molecular weight excluding hydrogens is 1690 g/mol. The zero-order valence-electron chi connectivity index (χ0n) is 73.3. The molecular formula is C95H98F2N24O11. The number of carbonyl (C=O) groups excluding carboxylic acids is 4. The number of H-pyrrole nitrogens is 8. The van der Waals surface area contributed by atoms with E-state index in [0.717, 1.165) is 187 Å². The Labute approximate surface area is 754 Å². The van der Waals surface area contributed by atoms with Crippen molar-refractivity contribution in [3.8, 4) is 63.3 Å². The molecule has 4 fully saturated rings. The van der Waals surface area contributed by atoms with E-state index >= 15 is 0 Å². The van der Waals surface area contributed by atoms with Crippen LogP contribution in [0, 0.1) is 39.3 Å². The smallest absolute Gasteiger partial charge is 0.259 e. The molecule has 0 bridgehead atoms. The Bertz CT molecular complexity index is 6580. The first kappa shape index (κ1) is 88.0. The first-order valence-corrected chi connectivity index (χ1v) is 43.5. The maximum absolute atomic E-state index is 14.6. The number of hydrogen-bond donors (Lipinski definition) is 12. The van der Waals surface area contributed by atoms with Crippen LogP contribution in [0.5, 0.6) is 17.2 Å². The Hall–Kier alpha value is -14.7. The molecule has 37 heteroatoms. The predicted octanol–water partition coefficient (Wildman–Crippen LogP) is 13.4. The summed E-state index contributed by atoms with van der Waals surface area (Å²) < 4.78 is 66.8. The third-order valence-corrected chi connectivity index (χ3v) is 23.4. The lowest BCUT2D eigenvalue weighted by molar-refractivity contribution is 0.0341. The highest BCUT2D eigenvalue weighted by atomic mass is 19.1. The number of fused-ring (bicyclic) bond motifs is 5. The lowest BCUT2D eigenvalue weighted by Gasteiger charge is -2.26. The summed E-state index contributed by atoms with van der Waals surface area (Å²) in [6.07, 6.45) is 6.14. The minimum Gasteiger partial charge on any atom is -0.497 e. The summed E-state index contributed by atoms with van der Waals surface area (Å²) in [7, 11) is 1.45. The summed E-state index contributed by atoms with van der Waals surface area (Å²) >= 11 is 0. The number of amides is 4. The van der Waals surface area contributed by atoms with E-state index in [4.69, 9.17) is 43.1 Å². The van der Waals surface area contributed by atoms with Gasteiger partial charge in [-0.2, -0.15) is 20.4 Å². The third kappa shape index (κ3) is 20.3. The quantitative estimate of drug-likeness (QED) is 0.0318. The van der Waals surface area contributed by atoms with Crippen LogP contribution in [-0.4, -0.2) is 249 Å². The molecule has 0 atom stereocenters. The highest BCUT2D eigenvalue weighted by Gasteiger charge is 2.28. The third-order valence-electron chi connectivity index (χ3n) is 23.4. The van der Waals surface area contributed by atoms with Crippen molar-refractivity contribution in [2.75, 3.05) is 147 Å². The molecule has 8 aromatic heterocycles. The van der Waals surface area contributed by atoms with Gasteiger partial charge >= 0.3 is 0 Å². The minimum absolute atomic E-state index is 0.0111. The standard InChI is InChI=1S/C24H25FN6O3.C24H24N6O4.C24H26N6O2.C23H23FN6O2/c1-14-9-16(33-2)11-17(25)21(14)24(32)29-20-12-26-30-22(20)23-27-18-4-3-15(10-19(18)28-23)13-31-5-7-34-8-6-31;31-24(16-2-1-3-20-22(16)34-11-10-33-20)28-19-13-25-29-21(19)23-26-17-5-4-15(12-18(17)27-23)14-30-6-8-32-9-7-30;1-15-4-3-5-16(2)21(15)24(31)28-20-13-25-29-22(20)23-26-18-7-6-17(12-19(18)27-23)14-30-8-10-32-11-9-30;1-14-3-2-4-16(24)20(14)23(31)28-19-12-25-29-21(19)22-26-17-6-5-15(11-18(17)27-22)13-30-7-9-32-10-8-30/h3-4,9-12H,5-8,13H2,1-2H3,(H,26,30)(H,27,28)(H,29,32);1-5,12-13H,6-11,14H2,(H,25,29)(H,26,27)(H,28,31);3-7,12-13H,8-11,14H2,1-2H3,(H,25,29)(H,26,27)(H,28,31);2-6,11-12H,7-10,13H2,1H3,(H,25,29)(H,26,27)(H,28,31). The van der Waals surface area contributed by atoms with Crippen molar-refractivity contribution >= 4 is 90.5 Å². The van der Waals surface area contributed by atoms with Crippen molar-refractivity contribution < 1.29 is 61.1 Å². The molecule has 0 radical (unpaired) electrons. The van der Waals surface area contributed by atoms with Gasteiger partial charge in [0, 0.05) is 90.2 Å². The van der Waals surface area contributed by atoms with Gasteiger partial charge in [-0.15, -0.1) is 0 Å². The number of aryl methyl sites for hydroxylation is 4. The number of carbonyl (C=O) groups is 4. The van der Waals surface area contributed by atoms with Crippen LogP contribution in [0.2, 0.25) is 0 Å². The molecule has 35 nitrogen and oxygen atoms in total. The Morgan fingerprint density at radius 2 is 0.689 bits per heavy atom. The number of aromatic amines is 8. The van der Waals surface area contributed by atoms with Gasteiger partial charge in [-0.3, -0.25) is 59.2 Å². The fourth-order valence-electron chi connectivity index (χ4n) is 16.6. The molecule has 4 saturated heterocycles. The number of halogens is 2. The second-order valence-electron chi connectivity index (χ2n) is 32.6. The van der Waals surface area contributed by atoms with E-state index in [1.165, 1.54) is 53.9 Å². The van der Waals surface area contributed by atoms with Crippen LogP contribution >= 0.6 is 0 Å². The van der Waals surface area contributed by atoms with Gasteiger partial charge in [0.25, 0.3) is 23.6 Å². The van der Waals surface area contributed by atoms with Crippen molar-refractivity contribution in [2.45, 2.75) is 53.9 Å². The molecule has 132 heavy (non-hydrogen) atoms. The Kier molecular flexibility index (Phi) is 26.7. The van der Waals surface area contributed by atoms with E-state index in [-0.39, 0.29) is 22.9 Å². The highest BCUT2D eigenvalue weighted by molar-refractivity contribution is 6.10. The summed E-state index contributed by atoms with van der Waals surface area (Å²) in [5, 5.41) is 39.4. The highest BCUT2D eigenvalue weighted by Crippen LogP contribution is 2.37. The zero-order chi connectivity index (χ0) is 90.7. The van der Waals surface area contributed by atoms with Gasteiger partial charge in [0.05, 0.1) is 168 Å². The van der Waals surface area contributed by atoms with E-state index in [0.29, 0.717) is 122 Å².